The quantitative estimate of drug-likeness (QED) is 0.882. The van der Waals surface area contributed by atoms with Gasteiger partial charge in [0.05, 0.1) is 11.3 Å². The Hall–Kier alpha value is -2.08. The van der Waals surface area contributed by atoms with Crippen LogP contribution in [-0.2, 0) is 4.79 Å². The molecule has 0 saturated carbocycles. The van der Waals surface area contributed by atoms with Gasteiger partial charge in [0.25, 0.3) is 0 Å². The van der Waals surface area contributed by atoms with E-state index in [1.807, 2.05) is 6.07 Å². The van der Waals surface area contributed by atoms with Gasteiger partial charge in [-0.25, -0.2) is 4.79 Å². The number of rotatable bonds is 3. The lowest BCUT2D eigenvalue weighted by atomic mass is 10.1. The number of hydrogen-bond acceptors (Lipinski definition) is 4. The Labute approximate surface area is 124 Å². The summed E-state index contributed by atoms with van der Waals surface area (Å²) in [5.74, 6) is -1.31. The predicted octanol–water partition coefficient (Wildman–Crippen LogP) is 1.49. The highest BCUT2D eigenvalue weighted by Crippen LogP contribution is 2.24. The van der Waals surface area contributed by atoms with Gasteiger partial charge in [0.2, 0.25) is 5.91 Å². The highest BCUT2D eigenvalue weighted by Gasteiger charge is 2.17. The molecule has 1 amide bonds. The summed E-state index contributed by atoms with van der Waals surface area (Å²) in [4.78, 5) is 27.0. The molecule has 6 nitrogen and oxygen atoms in total. The van der Waals surface area contributed by atoms with Crippen LogP contribution < -0.4 is 10.2 Å². The summed E-state index contributed by atoms with van der Waals surface area (Å²) in [5, 5.41) is 11.9. The van der Waals surface area contributed by atoms with Crippen LogP contribution in [-0.4, -0.2) is 55.1 Å². The van der Waals surface area contributed by atoms with Crippen molar-refractivity contribution in [2.45, 2.75) is 13.3 Å². The second-order valence-corrected chi connectivity index (χ2v) is 5.36. The fourth-order valence-electron chi connectivity index (χ4n) is 2.51. The molecule has 114 valence electrons. The summed E-state index contributed by atoms with van der Waals surface area (Å²) >= 11 is 0. The van der Waals surface area contributed by atoms with Gasteiger partial charge in [0, 0.05) is 32.2 Å². The number of likely N-dealkylation sites (N-methyl/N-ethyl adjacent to an activating group) is 1. The molecule has 1 aromatic carbocycles. The molecule has 0 unspecified atom stereocenters. The van der Waals surface area contributed by atoms with E-state index in [0.717, 1.165) is 38.3 Å². The minimum absolute atomic E-state index is 0.125. The topological polar surface area (TPSA) is 72.9 Å². The van der Waals surface area contributed by atoms with Crippen molar-refractivity contribution in [2.75, 3.05) is 43.4 Å². The first kappa shape index (κ1) is 15.3. The van der Waals surface area contributed by atoms with E-state index in [1.54, 1.807) is 12.1 Å². The maximum Gasteiger partial charge on any atom is 0.337 e. The minimum atomic E-state index is -1.03. The highest BCUT2D eigenvalue weighted by atomic mass is 16.4. The Morgan fingerprint density at radius 1 is 1.19 bits per heavy atom. The number of aromatic carboxylic acids is 1. The van der Waals surface area contributed by atoms with Gasteiger partial charge in [-0.1, -0.05) is 0 Å². The Balaban J connectivity index is 2.26. The molecular weight excluding hydrogens is 270 g/mol. The van der Waals surface area contributed by atoms with Crippen LogP contribution in [0.4, 0.5) is 11.4 Å². The number of carboxylic acid groups (broad SMARTS) is 1. The predicted molar refractivity (Wildman–Crippen MR) is 82.0 cm³/mol. The van der Waals surface area contributed by atoms with Gasteiger partial charge in [-0.15, -0.1) is 0 Å². The number of carbonyl (C=O) groups is 2. The second kappa shape index (κ2) is 6.58. The van der Waals surface area contributed by atoms with Crippen molar-refractivity contribution in [1.82, 2.24) is 4.90 Å². The van der Waals surface area contributed by atoms with E-state index in [1.165, 1.54) is 6.92 Å². The zero-order chi connectivity index (χ0) is 15.4. The van der Waals surface area contributed by atoms with Crippen LogP contribution in [0.3, 0.4) is 0 Å². The maximum atomic E-state index is 11.4. The standard InChI is InChI=1S/C15H21N3O3/c1-11(19)16-14-5-4-12(10-13(14)15(20)21)18-7-3-6-17(2)8-9-18/h4-5,10H,3,6-9H2,1-2H3,(H,16,19)(H,20,21). The molecule has 1 aromatic rings. The molecule has 1 aliphatic rings. The molecule has 6 heteroatoms. The molecule has 0 spiro atoms. The highest BCUT2D eigenvalue weighted by molar-refractivity contribution is 6.00. The summed E-state index contributed by atoms with van der Waals surface area (Å²) in [5.41, 5.74) is 1.35. The zero-order valence-electron chi connectivity index (χ0n) is 12.4. The summed E-state index contributed by atoms with van der Waals surface area (Å²) < 4.78 is 0. The van der Waals surface area contributed by atoms with Crippen molar-refractivity contribution in [2.24, 2.45) is 0 Å². The maximum absolute atomic E-state index is 11.4. The van der Waals surface area contributed by atoms with Crippen molar-refractivity contribution in [3.05, 3.63) is 23.8 Å². The number of amides is 1. The molecule has 1 fully saturated rings. The number of benzene rings is 1. The first-order valence-corrected chi connectivity index (χ1v) is 7.06. The van der Waals surface area contributed by atoms with Gasteiger partial charge in [0.1, 0.15) is 0 Å². The third kappa shape index (κ3) is 3.95. The van der Waals surface area contributed by atoms with E-state index in [4.69, 9.17) is 0 Å². The molecule has 1 saturated heterocycles. The number of nitrogens with one attached hydrogen (secondary N) is 1. The van der Waals surface area contributed by atoms with E-state index in [-0.39, 0.29) is 11.5 Å². The molecule has 0 aliphatic carbocycles. The van der Waals surface area contributed by atoms with Crippen LogP contribution in [0.1, 0.15) is 23.7 Å². The number of anilines is 2. The van der Waals surface area contributed by atoms with Crippen molar-refractivity contribution < 1.29 is 14.7 Å². The smallest absolute Gasteiger partial charge is 0.337 e. The van der Waals surface area contributed by atoms with Crippen LogP contribution in [0, 0.1) is 0 Å². The summed E-state index contributed by atoms with van der Waals surface area (Å²) in [6, 6.07) is 5.16. The third-order valence-corrected chi connectivity index (χ3v) is 3.63. The Bertz CT molecular complexity index is 545. The van der Waals surface area contributed by atoms with Gasteiger partial charge in [-0.3, -0.25) is 4.79 Å². The first-order chi connectivity index (χ1) is 9.97. The van der Waals surface area contributed by atoms with E-state index in [9.17, 15) is 14.7 Å². The first-order valence-electron chi connectivity index (χ1n) is 7.06. The van der Waals surface area contributed by atoms with Crippen molar-refractivity contribution in [1.29, 1.82) is 0 Å². The Kier molecular flexibility index (Phi) is 4.80. The Morgan fingerprint density at radius 3 is 2.62 bits per heavy atom. The largest absolute Gasteiger partial charge is 0.478 e. The third-order valence-electron chi connectivity index (χ3n) is 3.63. The van der Waals surface area contributed by atoms with Crippen molar-refractivity contribution in [3.63, 3.8) is 0 Å². The second-order valence-electron chi connectivity index (χ2n) is 5.36. The average molecular weight is 291 g/mol. The summed E-state index contributed by atoms with van der Waals surface area (Å²) in [6.45, 7) is 5.14. The van der Waals surface area contributed by atoms with Gasteiger partial charge in [0.15, 0.2) is 0 Å². The minimum Gasteiger partial charge on any atom is -0.478 e. The number of nitrogens with zero attached hydrogens (tertiary/aromatic N) is 2. The molecular formula is C15H21N3O3. The Morgan fingerprint density at radius 2 is 1.95 bits per heavy atom. The van der Waals surface area contributed by atoms with Gasteiger partial charge in [-0.05, 0) is 38.2 Å². The number of carboxylic acids is 1. The average Bonchev–Trinajstić information content (AvgIpc) is 2.63. The van der Waals surface area contributed by atoms with Crippen molar-refractivity contribution in [3.8, 4) is 0 Å². The van der Waals surface area contributed by atoms with Crippen LogP contribution in [0.25, 0.3) is 0 Å². The lowest BCUT2D eigenvalue weighted by molar-refractivity contribution is -0.114. The van der Waals surface area contributed by atoms with Gasteiger partial charge in [-0.2, -0.15) is 0 Å². The lowest BCUT2D eigenvalue weighted by Gasteiger charge is -2.23. The van der Waals surface area contributed by atoms with Crippen LogP contribution in [0.5, 0.6) is 0 Å². The van der Waals surface area contributed by atoms with Crippen LogP contribution in [0.15, 0.2) is 18.2 Å². The molecule has 0 atom stereocenters. The van der Waals surface area contributed by atoms with E-state index in [0.29, 0.717) is 5.69 Å². The van der Waals surface area contributed by atoms with Gasteiger partial charge < -0.3 is 20.2 Å². The molecule has 0 bridgehead atoms. The fourth-order valence-corrected chi connectivity index (χ4v) is 2.51. The molecule has 2 rings (SSSR count). The number of carbonyl (C=O) groups excluding carboxylic acids is 1. The zero-order valence-corrected chi connectivity index (χ0v) is 12.4. The molecule has 21 heavy (non-hydrogen) atoms. The number of hydrogen-bond donors (Lipinski definition) is 2. The summed E-state index contributed by atoms with van der Waals surface area (Å²) in [7, 11) is 2.09. The monoisotopic (exact) mass is 291 g/mol. The normalized spacial score (nSPS) is 16.4. The lowest BCUT2D eigenvalue weighted by Crippen LogP contribution is -2.29. The van der Waals surface area contributed by atoms with Crippen molar-refractivity contribution >= 4 is 23.3 Å². The van der Waals surface area contributed by atoms with Crippen LogP contribution in [0.2, 0.25) is 0 Å². The molecule has 1 aliphatic heterocycles. The molecule has 0 radical (unpaired) electrons. The molecule has 1 heterocycles. The molecule has 2 N–H and O–H groups in total. The summed E-state index contributed by atoms with van der Waals surface area (Å²) in [6.07, 6.45) is 1.05. The van der Waals surface area contributed by atoms with E-state index >= 15 is 0 Å². The van der Waals surface area contributed by atoms with E-state index < -0.39 is 5.97 Å². The fraction of sp³-hybridized carbons (Fsp3) is 0.467. The molecule has 0 aromatic heterocycles. The van der Waals surface area contributed by atoms with Gasteiger partial charge >= 0.3 is 5.97 Å². The SMILES string of the molecule is CC(=O)Nc1ccc(N2CCCN(C)CC2)cc1C(=O)O. The van der Waals surface area contributed by atoms with E-state index in [2.05, 4.69) is 22.2 Å². The van der Waals surface area contributed by atoms with Crippen LogP contribution >= 0.6 is 0 Å².